The maximum atomic E-state index is 14.6. The van der Waals surface area contributed by atoms with Gasteiger partial charge in [-0.25, -0.2) is 4.39 Å². The number of fused-ring (bicyclic) bond motifs is 1. The number of rotatable bonds is 14. The molecule has 224 valence electrons. The summed E-state index contributed by atoms with van der Waals surface area (Å²) in [7, 11) is 0. The molecule has 3 aromatic carbocycles. The molecule has 0 aliphatic carbocycles. The van der Waals surface area contributed by atoms with Gasteiger partial charge >= 0.3 is 11.9 Å². The van der Waals surface area contributed by atoms with Crippen LogP contribution in [0.2, 0.25) is 0 Å². The Morgan fingerprint density at radius 1 is 0.884 bits per heavy atom. The Kier molecular flexibility index (Phi) is 10.4. The highest BCUT2D eigenvalue weighted by Crippen LogP contribution is 2.29. The summed E-state index contributed by atoms with van der Waals surface area (Å²) in [6.07, 6.45) is 9.83. The lowest BCUT2D eigenvalue weighted by molar-refractivity contribution is -0.138. The van der Waals surface area contributed by atoms with E-state index in [1.807, 2.05) is 56.3 Å². The van der Waals surface area contributed by atoms with Crippen LogP contribution in [0.3, 0.4) is 0 Å². The van der Waals surface area contributed by atoms with Crippen LogP contribution in [0.5, 0.6) is 11.5 Å². The van der Waals surface area contributed by atoms with E-state index in [2.05, 4.69) is 19.1 Å². The molecular formula is C35H36FNO6. The lowest BCUT2D eigenvalue weighted by Crippen LogP contribution is -2.08. The summed E-state index contributed by atoms with van der Waals surface area (Å²) in [6.45, 7) is 6.70. The molecule has 0 unspecified atom stereocenters. The predicted molar refractivity (Wildman–Crippen MR) is 166 cm³/mol. The monoisotopic (exact) mass is 585 g/mol. The molecule has 8 heteroatoms. The Balaban J connectivity index is 1.40. The molecule has 0 amide bonds. The van der Waals surface area contributed by atoms with E-state index in [1.54, 1.807) is 16.8 Å². The average Bonchev–Trinajstić information content (AvgIpc) is 3.26. The van der Waals surface area contributed by atoms with Crippen LogP contribution in [0.25, 0.3) is 23.1 Å². The number of ether oxygens (including phenoxy) is 2. The van der Waals surface area contributed by atoms with Crippen LogP contribution in [0.4, 0.5) is 4.39 Å². The first-order valence-corrected chi connectivity index (χ1v) is 14.1. The number of carboxylic acid groups (broad SMARTS) is 2. The van der Waals surface area contributed by atoms with E-state index in [1.165, 1.54) is 17.7 Å². The van der Waals surface area contributed by atoms with Crippen molar-refractivity contribution < 1.29 is 33.7 Å². The van der Waals surface area contributed by atoms with E-state index in [9.17, 15) is 19.1 Å². The van der Waals surface area contributed by atoms with E-state index >= 15 is 0 Å². The fraction of sp³-hybridized carbons (Fsp3) is 0.257. The molecule has 1 heterocycles. The first-order chi connectivity index (χ1) is 20.6. The number of aryl methyl sites for hydroxylation is 4. The second-order valence-electron chi connectivity index (χ2n) is 10.5. The Morgan fingerprint density at radius 3 is 2.21 bits per heavy atom. The molecule has 0 atom stereocenters. The quantitative estimate of drug-likeness (QED) is 0.118. The summed E-state index contributed by atoms with van der Waals surface area (Å²) in [5.41, 5.74) is 6.14. The Hall–Kier alpha value is -4.85. The number of carbonyl (C=O) groups is 2. The van der Waals surface area contributed by atoms with Crippen LogP contribution >= 0.6 is 0 Å². The van der Waals surface area contributed by atoms with Gasteiger partial charge in [-0.15, -0.1) is 0 Å². The number of carboxylic acids is 2. The molecule has 4 rings (SSSR count). The van der Waals surface area contributed by atoms with Gasteiger partial charge in [0.15, 0.2) is 0 Å². The summed E-state index contributed by atoms with van der Waals surface area (Å²) in [5, 5.41) is 19.0. The molecule has 0 spiro atoms. The van der Waals surface area contributed by atoms with Gasteiger partial charge in [0.1, 0.15) is 37.1 Å². The second-order valence-corrected chi connectivity index (χ2v) is 10.5. The fourth-order valence-corrected chi connectivity index (χ4v) is 5.20. The minimum atomic E-state index is -1.03. The average molecular weight is 586 g/mol. The summed E-state index contributed by atoms with van der Waals surface area (Å²) in [4.78, 5) is 22.5. The van der Waals surface area contributed by atoms with Gasteiger partial charge in [0, 0.05) is 23.6 Å². The SMILES string of the molecule is Cc1cc(C)c(OC/C=C/COc2ccc(C=Cc3cc(F)cc4c(CCCC(=O)O)cn(CC(=O)O)c34)cc2)c(C)c1. The highest BCUT2D eigenvalue weighted by atomic mass is 19.1. The van der Waals surface area contributed by atoms with Crippen molar-refractivity contribution in [2.24, 2.45) is 0 Å². The van der Waals surface area contributed by atoms with Gasteiger partial charge in [-0.1, -0.05) is 42.0 Å². The molecule has 0 fully saturated rings. The van der Waals surface area contributed by atoms with Gasteiger partial charge in [-0.3, -0.25) is 9.59 Å². The third kappa shape index (κ3) is 8.58. The van der Waals surface area contributed by atoms with E-state index in [0.29, 0.717) is 53.8 Å². The van der Waals surface area contributed by atoms with Gasteiger partial charge in [0.2, 0.25) is 0 Å². The lowest BCUT2D eigenvalue weighted by atomic mass is 10.0. The topological polar surface area (TPSA) is 98.0 Å². The molecule has 0 bridgehead atoms. The molecule has 0 radical (unpaired) electrons. The zero-order valence-corrected chi connectivity index (χ0v) is 24.6. The standard InChI is InChI=1S/C35H36FNO6/c1-23-17-24(2)35(25(3)18-23)43-16-5-4-15-42-30-13-10-26(11-14-30)9-12-27-19-29(36)20-31-28(7-6-8-32(38)39)21-37(34(27)31)22-33(40)41/h4-5,9-14,17-21H,6-8,15-16,22H2,1-3H3,(H,38,39)(H,40,41)/b5-4+,12-9?. The highest BCUT2D eigenvalue weighted by molar-refractivity contribution is 5.94. The summed E-state index contributed by atoms with van der Waals surface area (Å²) in [5.74, 6) is -0.785. The van der Waals surface area contributed by atoms with Crippen molar-refractivity contribution in [3.63, 3.8) is 0 Å². The molecule has 0 saturated heterocycles. The van der Waals surface area contributed by atoms with Crippen LogP contribution in [-0.4, -0.2) is 39.9 Å². The maximum absolute atomic E-state index is 14.6. The number of aromatic nitrogens is 1. The zero-order chi connectivity index (χ0) is 30.9. The summed E-state index contributed by atoms with van der Waals surface area (Å²) < 4.78 is 27.9. The Labute approximate surface area is 250 Å². The molecule has 4 aromatic rings. The van der Waals surface area contributed by atoms with Gasteiger partial charge < -0.3 is 24.3 Å². The van der Waals surface area contributed by atoms with Crippen LogP contribution in [0, 0.1) is 26.6 Å². The summed E-state index contributed by atoms with van der Waals surface area (Å²) in [6, 6.07) is 14.4. The highest BCUT2D eigenvalue weighted by Gasteiger charge is 2.15. The molecule has 0 saturated carbocycles. The maximum Gasteiger partial charge on any atom is 0.323 e. The Bertz CT molecular complexity index is 1640. The number of halogens is 1. The Morgan fingerprint density at radius 2 is 1.56 bits per heavy atom. The second kappa shape index (κ2) is 14.4. The third-order valence-corrected chi connectivity index (χ3v) is 6.97. The van der Waals surface area contributed by atoms with E-state index in [4.69, 9.17) is 14.6 Å². The molecule has 43 heavy (non-hydrogen) atoms. The minimum Gasteiger partial charge on any atom is -0.490 e. The number of benzene rings is 3. The van der Waals surface area contributed by atoms with Crippen LogP contribution < -0.4 is 9.47 Å². The summed E-state index contributed by atoms with van der Waals surface area (Å²) >= 11 is 0. The van der Waals surface area contributed by atoms with Crippen molar-refractivity contribution in [2.45, 2.75) is 46.6 Å². The van der Waals surface area contributed by atoms with Gasteiger partial charge in [-0.05, 0) is 92.3 Å². The van der Waals surface area contributed by atoms with Crippen molar-refractivity contribution in [3.8, 4) is 11.5 Å². The minimum absolute atomic E-state index is 0.0223. The van der Waals surface area contributed by atoms with Gasteiger partial charge in [0.25, 0.3) is 0 Å². The van der Waals surface area contributed by atoms with Crippen LogP contribution in [0.15, 0.2) is 66.9 Å². The van der Waals surface area contributed by atoms with Crippen molar-refractivity contribution in [2.75, 3.05) is 13.2 Å². The molecule has 0 aliphatic heterocycles. The number of hydrogen-bond acceptors (Lipinski definition) is 4. The normalized spacial score (nSPS) is 11.5. The third-order valence-electron chi connectivity index (χ3n) is 6.97. The fourth-order valence-electron chi connectivity index (χ4n) is 5.20. The molecule has 0 aliphatic rings. The lowest BCUT2D eigenvalue weighted by Gasteiger charge is -2.11. The van der Waals surface area contributed by atoms with Crippen LogP contribution in [-0.2, 0) is 22.6 Å². The molecule has 2 N–H and O–H groups in total. The van der Waals surface area contributed by atoms with Gasteiger partial charge in [0.05, 0.1) is 5.52 Å². The van der Waals surface area contributed by atoms with Gasteiger partial charge in [-0.2, -0.15) is 0 Å². The van der Waals surface area contributed by atoms with E-state index in [-0.39, 0.29) is 13.0 Å². The van der Waals surface area contributed by atoms with Crippen molar-refractivity contribution in [1.82, 2.24) is 4.57 Å². The predicted octanol–water partition coefficient (Wildman–Crippen LogP) is 7.38. The number of aliphatic carboxylic acids is 2. The first kappa shape index (κ1) is 31.1. The zero-order valence-electron chi connectivity index (χ0n) is 24.6. The molecule has 1 aromatic heterocycles. The van der Waals surface area contributed by atoms with E-state index in [0.717, 1.165) is 22.4 Å². The number of hydrogen-bond donors (Lipinski definition) is 2. The van der Waals surface area contributed by atoms with Crippen LogP contribution in [0.1, 0.15) is 46.2 Å². The molecular weight excluding hydrogens is 549 g/mol. The van der Waals surface area contributed by atoms with Crippen molar-refractivity contribution in [3.05, 3.63) is 106 Å². The largest absolute Gasteiger partial charge is 0.490 e. The van der Waals surface area contributed by atoms with E-state index < -0.39 is 17.8 Å². The smallest absolute Gasteiger partial charge is 0.323 e. The first-order valence-electron chi connectivity index (χ1n) is 14.1. The number of nitrogens with zero attached hydrogens (tertiary/aromatic N) is 1. The van der Waals surface area contributed by atoms with Crippen molar-refractivity contribution in [1.29, 1.82) is 0 Å². The molecule has 7 nitrogen and oxygen atoms in total. The van der Waals surface area contributed by atoms with Crippen molar-refractivity contribution >= 4 is 35.0 Å².